The topological polar surface area (TPSA) is 58.6 Å². The summed E-state index contributed by atoms with van der Waals surface area (Å²) in [5, 5.41) is 3.18. The summed E-state index contributed by atoms with van der Waals surface area (Å²) in [6.45, 7) is 7.73. The van der Waals surface area contributed by atoms with Gasteiger partial charge in [0.05, 0.1) is 19.6 Å². The molecule has 1 rings (SSSR count). The maximum Gasteiger partial charge on any atom is 0.308 e. The van der Waals surface area contributed by atoms with Gasteiger partial charge in [0.2, 0.25) is 5.91 Å². The number of piperidine rings is 1. The van der Waals surface area contributed by atoms with Gasteiger partial charge in [-0.25, -0.2) is 0 Å². The van der Waals surface area contributed by atoms with E-state index in [-0.39, 0.29) is 23.3 Å². The van der Waals surface area contributed by atoms with E-state index in [0.29, 0.717) is 32.5 Å². The first-order valence-corrected chi connectivity index (χ1v) is 6.44. The van der Waals surface area contributed by atoms with E-state index in [4.69, 9.17) is 4.74 Å². The maximum atomic E-state index is 11.9. The third-order valence-corrected chi connectivity index (χ3v) is 3.15. The van der Waals surface area contributed by atoms with Gasteiger partial charge in [-0.3, -0.25) is 9.59 Å². The minimum absolute atomic E-state index is 0.0466. The van der Waals surface area contributed by atoms with E-state index in [2.05, 4.69) is 5.32 Å². The highest BCUT2D eigenvalue weighted by molar-refractivity contribution is 5.79. The minimum Gasteiger partial charge on any atom is -0.469 e. The molecule has 0 spiro atoms. The van der Waals surface area contributed by atoms with E-state index in [1.165, 1.54) is 7.11 Å². The number of rotatable bonds is 3. The van der Waals surface area contributed by atoms with Crippen LogP contribution in [0.2, 0.25) is 0 Å². The maximum absolute atomic E-state index is 11.9. The Bertz CT molecular complexity index is 302. The van der Waals surface area contributed by atoms with E-state index in [9.17, 15) is 9.59 Å². The Hall–Kier alpha value is -1.10. The Labute approximate surface area is 109 Å². The summed E-state index contributed by atoms with van der Waals surface area (Å²) in [5.41, 5.74) is -0.0556. The van der Waals surface area contributed by atoms with Crippen LogP contribution in [-0.4, -0.2) is 49.1 Å². The van der Waals surface area contributed by atoms with Crippen LogP contribution in [0.5, 0.6) is 0 Å². The minimum atomic E-state index is -0.157. The standard InChI is InChI=1S/C13H24N2O3/c1-13(2,3)14-9-11(16)15-7-5-10(6-8-15)12(17)18-4/h10,14H,5-9H2,1-4H3. The Morgan fingerprint density at radius 3 is 2.28 bits per heavy atom. The molecule has 0 aromatic heterocycles. The third kappa shape index (κ3) is 4.64. The molecule has 18 heavy (non-hydrogen) atoms. The highest BCUT2D eigenvalue weighted by Gasteiger charge is 2.27. The molecule has 1 aliphatic heterocycles. The van der Waals surface area contributed by atoms with Crippen molar-refractivity contribution in [1.82, 2.24) is 10.2 Å². The highest BCUT2D eigenvalue weighted by Crippen LogP contribution is 2.18. The molecule has 104 valence electrons. The lowest BCUT2D eigenvalue weighted by molar-refractivity contribution is -0.148. The first-order valence-electron chi connectivity index (χ1n) is 6.44. The fraction of sp³-hybridized carbons (Fsp3) is 0.846. The normalized spacial score (nSPS) is 17.7. The quantitative estimate of drug-likeness (QED) is 0.758. The number of esters is 1. The van der Waals surface area contributed by atoms with E-state index >= 15 is 0 Å². The zero-order chi connectivity index (χ0) is 13.8. The predicted octanol–water partition coefficient (Wildman–Crippen LogP) is 0.786. The number of ether oxygens (including phenoxy) is 1. The Kier molecular flexibility index (Phi) is 5.14. The number of likely N-dealkylation sites (tertiary alicyclic amines) is 1. The Morgan fingerprint density at radius 1 is 1.28 bits per heavy atom. The first kappa shape index (κ1) is 15.0. The Balaban J connectivity index is 2.34. The molecule has 0 aliphatic carbocycles. The molecule has 0 atom stereocenters. The summed E-state index contributed by atoms with van der Waals surface area (Å²) in [5.74, 6) is -0.0993. The number of nitrogens with one attached hydrogen (secondary N) is 1. The fourth-order valence-electron chi connectivity index (χ4n) is 1.98. The Morgan fingerprint density at radius 2 is 1.83 bits per heavy atom. The van der Waals surface area contributed by atoms with Crippen molar-refractivity contribution >= 4 is 11.9 Å². The van der Waals surface area contributed by atoms with Crippen LogP contribution in [0.1, 0.15) is 33.6 Å². The molecular weight excluding hydrogens is 232 g/mol. The zero-order valence-electron chi connectivity index (χ0n) is 11.8. The predicted molar refractivity (Wildman–Crippen MR) is 69.1 cm³/mol. The average molecular weight is 256 g/mol. The number of carbonyl (C=O) groups is 2. The van der Waals surface area contributed by atoms with Crippen LogP contribution in [0, 0.1) is 5.92 Å². The van der Waals surface area contributed by atoms with Gasteiger partial charge >= 0.3 is 5.97 Å². The van der Waals surface area contributed by atoms with Gasteiger partial charge in [0.15, 0.2) is 0 Å². The number of methoxy groups -OCH3 is 1. The zero-order valence-corrected chi connectivity index (χ0v) is 11.8. The summed E-state index contributed by atoms with van der Waals surface area (Å²) in [7, 11) is 1.41. The van der Waals surface area contributed by atoms with E-state index in [1.54, 1.807) is 0 Å². The largest absolute Gasteiger partial charge is 0.469 e. The van der Waals surface area contributed by atoms with Gasteiger partial charge in [0.25, 0.3) is 0 Å². The van der Waals surface area contributed by atoms with Crippen LogP contribution in [0.15, 0.2) is 0 Å². The van der Waals surface area contributed by atoms with Crippen LogP contribution in [0.25, 0.3) is 0 Å². The molecule has 0 bridgehead atoms. The summed E-state index contributed by atoms with van der Waals surface area (Å²) >= 11 is 0. The number of nitrogens with zero attached hydrogens (tertiary/aromatic N) is 1. The number of hydrogen-bond donors (Lipinski definition) is 1. The van der Waals surface area contributed by atoms with E-state index < -0.39 is 0 Å². The van der Waals surface area contributed by atoms with Crippen LogP contribution < -0.4 is 5.32 Å². The van der Waals surface area contributed by atoms with Gasteiger partial charge in [-0.15, -0.1) is 0 Å². The molecule has 1 aliphatic rings. The molecule has 1 amide bonds. The molecule has 5 nitrogen and oxygen atoms in total. The number of amides is 1. The molecule has 5 heteroatoms. The smallest absolute Gasteiger partial charge is 0.308 e. The summed E-state index contributed by atoms with van der Waals surface area (Å²) in [4.78, 5) is 25.1. The van der Waals surface area contributed by atoms with Gasteiger partial charge in [0.1, 0.15) is 0 Å². The molecule has 1 heterocycles. The van der Waals surface area contributed by atoms with Crippen LogP contribution >= 0.6 is 0 Å². The monoisotopic (exact) mass is 256 g/mol. The van der Waals surface area contributed by atoms with Crippen molar-refractivity contribution in [3.8, 4) is 0 Å². The highest BCUT2D eigenvalue weighted by atomic mass is 16.5. The lowest BCUT2D eigenvalue weighted by Crippen LogP contribution is -2.47. The molecule has 0 unspecified atom stereocenters. The van der Waals surface area contributed by atoms with Crippen LogP contribution in [0.3, 0.4) is 0 Å². The van der Waals surface area contributed by atoms with Gasteiger partial charge in [0, 0.05) is 18.6 Å². The number of hydrogen-bond acceptors (Lipinski definition) is 4. The molecule has 1 saturated heterocycles. The first-order chi connectivity index (χ1) is 8.33. The second-order valence-electron chi connectivity index (χ2n) is 5.78. The number of carbonyl (C=O) groups excluding carboxylic acids is 2. The lowest BCUT2D eigenvalue weighted by Gasteiger charge is -2.31. The van der Waals surface area contributed by atoms with Crippen molar-refractivity contribution in [2.45, 2.75) is 39.2 Å². The van der Waals surface area contributed by atoms with Crippen molar-refractivity contribution in [2.24, 2.45) is 5.92 Å². The van der Waals surface area contributed by atoms with Crippen molar-refractivity contribution in [2.75, 3.05) is 26.7 Å². The second-order valence-corrected chi connectivity index (χ2v) is 5.78. The summed E-state index contributed by atoms with van der Waals surface area (Å²) in [6, 6.07) is 0. The summed E-state index contributed by atoms with van der Waals surface area (Å²) < 4.78 is 4.72. The molecular formula is C13H24N2O3. The second kappa shape index (κ2) is 6.18. The third-order valence-electron chi connectivity index (χ3n) is 3.15. The van der Waals surface area contributed by atoms with Crippen molar-refractivity contribution in [1.29, 1.82) is 0 Å². The molecule has 1 N–H and O–H groups in total. The summed E-state index contributed by atoms with van der Waals surface area (Å²) in [6.07, 6.45) is 1.40. The van der Waals surface area contributed by atoms with Crippen molar-refractivity contribution in [3.05, 3.63) is 0 Å². The SMILES string of the molecule is COC(=O)C1CCN(C(=O)CNC(C)(C)C)CC1. The van der Waals surface area contributed by atoms with E-state index in [1.807, 2.05) is 25.7 Å². The average Bonchev–Trinajstić information content (AvgIpc) is 2.34. The van der Waals surface area contributed by atoms with Gasteiger partial charge in [-0.2, -0.15) is 0 Å². The van der Waals surface area contributed by atoms with Crippen LogP contribution in [-0.2, 0) is 14.3 Å². The van der Waals surface area contributed by atoms with Crippen molar-refractivity contribution < 1.29 is 14.3 Å². The van der Waals surface area contributed by atoms with Crippen molar-refractivity contribution in [3.63, 3.8) is 0 Å². The fourth-order valence-corrected chi connectivity index (χ4v) is 1.98. The van der Waals surface area contributed by atoms with Crippen LogP contribution in [0.4, 0.5) is 0 Å². The van der Waals surface area contributed by atoms with Gasteiger partial charge in [-0.05, 0) is 33.6 Å². The molecule has 0 saturated carbocycles. The lowest BCUT2D eigenvalue weighted by atomic mass is 9.97. The molecule has 1 fully saturated rings. The van der Waals surface area contributed by atoms with Gasteiger partial charge < -0.3 is 15.0 Å². The van der Waals surface area contributed by atoms with Gasteiger partial charge in [-0.1, -0.05) is 0 Å². The molecule has 0 radical (unpaired) electrons. The molecule has 0 aromatic carbocycles. The van der Waals surface area contributed by atoms with E-state index in [0.717, 1.165) is 0 Å². The molecule has 0 aromatic rings.